The fraction of sp³-hybridized carbons (Fsp3) is 0.579. The van der Waals surface area contributed by atoms with E-state index in [-0.39, 0.29) is 5.91 Å². The highest BCUT2D eigenvalue weighted by Gasteiger charge is 2.21. The Labute approximate surface area is 165 Å². The van der Waals surface area contributed by atoms with Gasteiger partial charge in [-0.3, -0.25) is 9.79 Å². The molecule has 3 N–H and O–H groups in total. The minimum Gasteiger partial charge on any atom is -0.356 e. The Balaban J connectivity index is 1.67. The number of carbonyl (C=O) groups is 1. The van der Waals surface area contributed by atoms with Crippen molar-refractivity contribution >= 4 is 33.5 Å². The van der Waals surface area contributed by atoms with Gasteiger partial charge in [-0.25, -0.2) is 0 Å². The molecule has 0 saturated carbocycles. The maximum absolute atomic E-state index is 12.0. The summed E-state index contributed by atoms with van der Waals surface area (Å²) in [5.74, 6) is 0.755. The van der Waals surface area contributed by atoms with E-state index in [1.165, 1.54) is 0 Å². The lowest BCUT2D eigenvalue weighted by molar-refractivity contribution is -0.116. The normalized spacial score (nSPS) is 16.6. The number of anilines is 1. The van der Waals surface area contributed by atoms with Gasteiger partial charge in [-0.2, -0.15) is 0 Å². The number of guanidine groups is 1. The van der Waals surface area contributed by atoms with Crippen LogP contribution in [0.1, 0.15) is 33.1 Å². The van der Waals surface area contributed by atoms with E-state index >= 15 is 0 Å². The van der Waals surface area contributed by atoms with Crippen LogP contribution in [0, 0.1) is 0 Å². The Bertz CT molecular complexity index is 594. The summed E-state index contributed by atoms with van der Waals surface area (Å²) in [6.45, 7) is 7.26. The molecule has 2 rings (SSSR count). The lowest BCUT2D eigenvalue weighted by Gasteiger charge is -2.35. The van der Waals surface area contributed by atoms with Crippen molar-refractivity contribution in [3.05, 3.63) is 28.7 Å². The summed E-state index contributed by atoms with van der Waals surface area (Å²) in [5, 5.41) is 9.60. The number of likely N-dealkylation sites (tertiary alicyclic amines) is 1. The first-order chi connectivity index (χ1) is 12.5. The summed E-state index contributed by atoms with van der Waals surface area (Å²) in [7, 11) is 1.76. The Morgan fingerprint density at radius 3 is 2.50 bits per heavy atom. The Kier molecular flexibility index (Phi) is 8.38. The average Bonchev–Trinajstić information content (AvgIpc) is 2.63. The van der Waals surface area contributed by atoms with E-state index in [9.17, 15) is 4.79 Å². The third-order valence-corrected chi connectivity index (χ3v) is 5.13. The largest absolute Gasteiger partial charge is 0.356 e. The Hall–Kier alpha value is -1.60. The summed E-state index contributed by atoms with van der Waals surface area (Å²) in [6.07, 6.45) is 2.62. The summed E-state index contributed by atoms with van der Waals surface area (Å²) in [4.78, 5) is 18.8. The fourth-order valence-corrected chi connectivity index (χ4v) is 3.26. The number of amides is 1. The van der Waals surface area contributed by atoms with Crippen molar-refractivity contribution in [3.8, 4) is 0 Å². The molecule has 0 atom stereocenters. The minimum absolute atomic E-state index is 0.0134. The first kappa shape index (κ1) is 20.7. The van der Waals surface area contributed by atoms with Crippen LogP contribution in [0.4, 0.5) is 5.69 Å². The zero-order chi connectivity index (χ0) is 18.9. The van der Waals surface area contributed by atoms with Crippen LogP contribution >= 0.6 is 15.9 Å². The van der Waals surface area contributed by atoms with Crippen molar-refractivity contribution in [2.45, 2.75) is 45.2 Å². The fourth-order valence-electron chi connectivity index (χ4n) is 3.00. The van der Waals surface area contributed by atoms with Gasteiger partial charge in [0.2, 0.25) is 5.91 Å². The predicted octanol–water partition coefficient (Wildman–Crippen LogP) is 2.82. The zero-order valence-electron chi connectivity index (χ0n) is 15.9. The summed E-state index contributed by atoms with van der Waals surface area (Å²) in [5.41, 5.74) is 0.803. The van der Waals surface area contributed by atoms with Crippen LogP contribution in [0.5, 0.6) is 0 Å². The van der Waals surface area contributed by atoms with Crippen LogP contribution in [-0.2, 0) is 4.79 Å². The number of nitrogens with zero attached hydrogens (tertiary/aromatic N) is 2. The van der Waals surface area contributed by atoms with Gasteiger partial charge in [0.15, 0.2) is 5.96 Å². The zero-order valence-corrected chi connectivity index (χ0v) is 17.5. The molecule has 1 aromatic carbocycles. The third kappa shape index (κ3) is 6.96. The second-order valence-corrected chi connectivity index (χ2v) is 7.77. The van der Waals surface area contributed by atoms with E-state index < -0.39 is 0 Å². The predicted molar refractivity (Wildman–Crippen MR) is 112 cm³/mol. The molecule has 1 saturated heterocycles. The van der Waals surface area contributed by atoms with E-state index in [2.05, 4.69) is 55.6 Å². The average molecular weight is 424 g/mol. The molecule has 1 amide bonds. The molecule has 1 aliphatic heterocycles. The first-order valence-electron chi connectivity index (χ1n) is 9.24. The number of halogens is 1. The molecule has 144 valence electrons. The minimum atomic E-state index is -0.0134. The lowest BCUT2D eigenvalue weighted by atomic mass is 10.0. The van der Waals surface area contributed by atoms with Crippen molar-refractivity contribution in [2.75, 3.05) is 32.0 Å². The molecule has 1 fully saturated rings. The summed E-state index contributed by atoms with van der Waals surface area (Å²) >= 11 is 3.38. The molecule has 1 aliphatic rings. The van der Waals surface area contributed by atoms with Gasteiger partial charge in [-0.05, 0) is 51.0 Å². The van der Waals surface area contributed by atoms with Crippen LogP contribution in [0.3, 0.4) is 0 Å². The van der Waals surface area contributed by atoms with Crippen molar-refractivity contribution in [1.82, 2.24) is 15.5 Å². The quantitative estimate of drug-likeness (QED) is 0.485. The number of hydrogen-bond donors (Lipinski definition) is 3. The van der Waals surface area contributed by atoms with Crippen LogP contribution in [0.2, 0.25) is 0 Å². The number of aliphatic imine (C=N–C) groups is 1. The van der Waals surface area contributed by atoms with Gasteiger partial charge in [0.25, 0.3) is 0 Å². The highest BCUT2D eigenvalue weighted by Crippen LogP contribution is 2.14. The molecule has 0 aromatic heterocycles. The highest BCUT2D eigenvalue weighted by atomic mass is 79.9. The third-order valence-electron chi connectivity index (χ3n) is 4.60. The van der Waals surface area contributed by atoms with E-state index in [0.717, 1.165) is 42.1 Å². The van der Waals surface area contributed by atoms with E-state index in [1.807, 2.05) is 24.3 Å². The van der Waals surface area contributed by atoms with Gasteiger partial charge in [-0.15, -0.1) is 0 Å². The van der Waals surface area contributed by atoms with Gasteiger partial charge >= 0.3 is 0 Å². The smallest absolute Gasteiger partial charge is 0.226 e. The molecule has 7 heteroatoms. The molecular weight excluding hydrogens is 394 g/mol. The van der Waals surface area contributed by atoms with Crippen molar-refractivity contribution in [2.24, 2.45) is 4.99 Å². The summed E-state index contributed by atoms with van der Waals surface area (Å²) in [6, 6.07) is 8.61. The second kappa shape index (κ2) is 10.5. The van der Waals surface area contributed by atoms with Gasteiger partial charge < -0.3 is 20.9 Å². The Morgan fingerprint density at radius 1 is 1.27 bits per heavy atom. The first-order valence-corrected chi connectivity index (χ1v) is 10.0. The summed E-state index contributed by atoms with van der Waals surface area (Å²) < 4.78 is 0.992. The molecule has 1 heterocycles. The number of benzene rings is 1. The molecule has 0 aliphatic carbocycles. The number of rotatable bonds is 6. The molecular formula is C19H30BrN5O. The molecule has 0 unspecified atom stereocenters. The van der Waals surface area contributed by atoms with Gasteiger partial charge in [0.1, 0.15) is 0 Å². The molecule has 6 nitrogen and oxygen atoms in total. The monoisotopic (exact) mass is 423 g/mol. The standard InChI is InChI=1S/C19H30BrN5O/c1-14(2)25-12-9-17(10-13-25)24-19(21-3)22-11-8-18(26)23-16-6-4-15(20)5-7-16/h4-7,14,17H,8-13H2,1-3H3,(H,23,26)(H2,21,22,24). The number of nitrogens with one attached hydrogen (secondary N) is 3. The Morgan fingerprint density at radius 2 is 1.92 bits per heavy atom. The highest BCUT2D eigenvalue weighted by molar-refractivity contribution is 9.10. The molecule has 0 bridgehead atoms. The molecule has 0 radical (unpaired) electrons. The maximum Gasteiger partial charge on any atom is 0.226 e. The number of carbonyl (C=O) groups excluding carboxylic acids is 1. The second-order valence-electron chi connectivity index (χ2n) is 6.85. The molecule has 26 heavy (non-hydrogen) atoms. The number of piperidine rings is 1. The van der Waals surface area contributed by atoms with Crippen LogP contribution < -0.4 is 16.0 Å². The number of hydrogen-bond acceptors (Lipinski definition) is 3. The SMILES string of the molecule is CN=C(NCCC(=O)Nc1ccc(Br)cc1)NC1CCN(C(C)C)CC1. The maximum atomic E-state index is 12.0. The van der Waals surface area contributed by atoms with Gasteiger partial charge in [0, 0.05) is 55.3 Å². The van der Waals surface area contributed by atoms with Crippen molar-refractivity contribution in [1.29, 1.82) is 0 Å². The van der Waals surface area contributed by atoms with Crippen LogP contribution in [0.15, 0.2) is 33.7 Å². The van der Waals surface area contributed by atoms with Crippen LogP contribution in [-0.4, -0.2) is 55.5 Å². The molecule has 0 spiro atoms. The van der Waals surface area contributed by atoms with Gasteiger partial charge in [-0.1, -0.05) is 15.9 Å². The van der Waals surface area contributed by atoms with E-state index in [1.54, 1.807) is 7.05 Å². The van der Waals surface area contributed by atoms with Crippen molar-refractivity contribution < 1.29 is 4.79 Å². The topological polar surface area (TPSA) is 68.8 Å². The van der Waals surface area contributed by atoms with E-state index in [0.29, 0.717) is 25.0 Å². The van der Waals surface area contributed by atoms with Crippen molar-refractivity contribution in [3.63, 3.8) is 0 Å². The van der Waals surface area contributed by atoms with E-state index in [4.69, 9.17) is 0 Å². The van der Waals surface area contributed by atoms with Gasteiger partial charge in [0.05, 0.1) is 0 Å². The molecule has 1 aromatic rings. The lowest BCUT2D eigenvalue weighted by Crippen LogP contribution is -2.50. The van der Waals surface area contributed by atoms with Crippen LogP contribution in [0.25, 0.3) is 0 Å².